The van der Waals surface area contributed by atoms with Gasteiger partial charge >= 0.3 is 0 Å². The summed E-state index contributed by atoms with van der Waals surface area (Å²) in [4.78, 5) is 13.2. The molecule has 0 radical (unpaired) electrons. The van der Waals surface area contributed by atoms with Crippen LogP contribution in [0.15, 0.2) is 61.7 Å². The van der Waals surface area contributed by atoms with Crippen LogP contribution in [0.4, 0.5) is 10.2 Å². The molecule has 154 valence electrons. The molecule has 0 amide bonds. The lowest BCUT2D eigenvalue weighted by Gasteiger charge is -2.11. The molecular formula is C23H20FN7. The summed E-state index contributed by atoms with van der Waals surface area (Å²) in [6.45, 7) is 6.56. The lowest BCUT2D eigenvalue weighted by Crippen LogP contribution is -2.09. The molecule has 2 N–H and O–H groups in total. The Kier molecular flexibility index (Phi) is 4.66. The highest BCUT2D eigenvalue weighted by Gasteiger charge is 2.14. The number of pyridine rings is 1. The molecule has 7 nitrogen and oxygen atoms in total. The number of hydrogen-bond acceptors (Lipinski definition) is 5. The first kappa shape index (κ1) is 18.9. The summed E-state index contributed by atoms with van der Waals surface area (Å²) in [5, 5.41) is 12.0. The van der Waals surface area contributed by atoms with E-state index in [1.807, 2.05) is 35.7 Å². The van der Waals surface area contributed by atoms with Crippen molar-refractivity contribution in [2.75, 3.05) is 11.9 Å². The molecule has 0 spiro atoms. The number of fused-ring (bicyclic) bond motifs is 2. The maximum atomic E-state index is 13.8. The number of imidazole rings is 1. The van der Waals surface area contributed by atoms with E-state index in [1.165, 1.54) is 12.3 Å². The average molecular weight is 413 g/mol. The van der Waals surface area contributed by atoms with Crippen molar-refractivity contribution in [2.24, 2.45) is 0 Å². The van der Waals surface area contributed by atoms with Gasteiger partial charge in [0, 0.05) is 36.3 Å². The molecule has 0 unspecified atom stereocenters. The maximum Gasteiger partial charge on any atom is 0.180 e. The van der Waals surface area contributed by atoms with Gasteiger partial charge in [-0.2, -0.15) is 5.10 Å². The predicted molar refractivity (Wildman–Crippen MR) is 119 cm³/mol. The van der Waals surface area contributed by atoms with Crippen molar-refractivity contribution in [3.63, 3.8) is 0 Å². The third-order valence-electron chi connectivity index (χ3n) is 5.13. The molecule has 31 heavy (non-hydrogen) atoms. The number of para-hydroxylation sites is 1. The van der Waals surface area contributed by atoms with Crippen LogP contribution in [-0.2, 0) is 6.42 Å². The lowest BCUT2D eigenvalue weighted by atomic mass is 10.2. The minimum atomic E-state index is -0.412. The predicted octanol–water partition coefficient (Wildman–Crippen LogP) is 4.49. The van der Waals surface area contributed by atoms with Crippen LogP contribution in [-0.4, -0.2) is 36.1 Å². The zero-order valence-electron chi connectivity index (χ0n) is 16.9. The number of aromatic amines is 1. The Morgan fingerprint density at radius 1 is 1.23 bits per heavy atom. The van der Waals surface area contributed by atoms with Gasteiger partial charge in [0.2, 0.25) is 0 Å². The lowest BCUT2D eigenvalue weighted by molar-refractivity contribution is 0.622. The quantitative estimate of drug-likeness (QED) is 0.428. The van der Waals surface area contributed by atoms with Crippen LogP contribution >= 0.6 is 0 Å². The normalized spacial score (nSPS) is 11.3. The zero-order chi connectivity index (χ0) is 21.4. The maximum absolute atomic E-state index is 13.8. The van der Waals surface area contributed by atoms with Crippen molar-refractivity contribution in [2.45, 2.75) is 13.3 Å². The first-order valence-corrected chi connectivity index (χ1v) is 9.91. The van der Waals surface area contributed by atoms with Crippen LogP contribution in [0, 0.1) is 5.82 Å². The summed E-state index contributed by atoms with van der Waals surface area (Å²) in [5.41, 5.74) is 5.59. The molecule has 1 aromatic carbocycles. The van der Waals surface area contributed by atoms with Crippen LogP contribution in [0.2, 0.25) is 0 Å². The number of rotatable bonds is 6. The minimum Gasteiger partial charge on any atom is -0.367 e. The SMILES string of the molecule is C=C(C)c1cnc2c(NCCc3n[nH]c4ccccc34)nc(-c3cncc(F)c3)cn12. The van der Waals surface area contributed by atoms with E-state index in [2.05, 4.69) is 38.1 Å². The van der Waals surface area contributed by atoms with Gasteiger partial charge in [-0.05, 0) is 24.6 Å². The fourth-order valence-corrected chi connectivity index (χ4v) is 3.62. The molecular weight excluding hydrogens is 393 g/mol. The van der Waals surface area contributed by atoms with Crippen molar-refractivity contribution < 1.29 is 4.39 Å². The third kappa shape index (κ3) is 3.52. The average Bonchev–Trinajstić information content (AvgIpc) is 3.38. The fraction of sp³-hybridized carbons (Fsp3) is 0.130. The van der Waals surface area contributed by atoms with Gasteiger partial charge in [0.05, 0.1) is 35.0 Å². The minimum absolute atomic E-state index is 0.412. The summed E-state index contributed by atoms with van der Waals surface area (Å²) >= 11 is 0. The topological polar surface area (TPSA) is 83.8 Å². The second kappa shape index (κ2) is 7.64. The summed E-state index contributed by atoms with van der Waals surface area (Å²) in [5.74, 6) is 0.194. The second-order valence-corrected chi connectivity index (χ2v) is 7.38. The molecule has 0 fully saturated rings. The highest BCUT2D eigenvalue weighted by molar-refractivity contribution is 5.81. The van der Waals surface area contributed by atoms with Gasteiger partial charge in [0.15, 0.2) is 11.5 Å². The molecule has 8 heteroatoms. The zero-order valence-corrected chi connectivity index (χ0v) is 16.9. The summed E-state index contributed by atoms with van der Waals surface area (Å²) in [6.07, 6.45) is 7.06. The van der Waals surface area contributed by atoms with Gasteiger partial charge in [-0.15, -0.1) is 0 Å². The largest absolute Gasteiger partial charge is 0.367 e. The first-order valence-electron chi connectivity index (χ1n) is 9.91. The van der Waals surface area contributed by atoms with Gasteiger partial charge in [-0.1, -0.05) is 24.8 Å². The molecule has 0 saturated heterocycles. The molecule has 5 rings (SSSR count). The number of nitrogens with one attached hydrogen (secondary N) is 2. The number of anilines is 1. The van der Waals surface area contributed by atoms with E-state index < -0.39 is 5.82 Å². The van der Waals surface area contributed by atoms with E-state index in [0.29, 0.717) is 35.7 Å². The Morgan fingerprint density at radius 2 is 2.10 bits per heavy atom. The van der Waals surface area contributed by atoms with Crippen LogP contribution < -0.4 is 5.32 Å². The van der Waals surface area contributed by atoms with Gasteiger partial charge in [0.1, 0.15) is 5.82 Å². The van der Waals surface area contributed by atoms with Gasteiger partial charge in [-0.25, -0.2) is 14.4 Å². The first-order chi connectivity index (χ1) is 15.1. The van der Waals surface area contributed by atoms with Crippen molar-refractivity contribution >= 4 is 27.9 Å². The van der Waals surface area contributed by atoms with Crippen LogP contribution in [0.25, 0.3) is 33.4 Å². The summed E-state index contributed by atoms with van der Waals surface area (Å²) in [7, 11) is 0. The molecule has 0 atom stereocenters. The van der Waals surface area contributed by atoms with E-state index >= 15 is 0 Å². The molecule has 4 aromatic heterocycles. The van der Waals surface area contributed by atoms with Crippen molar-refractivity contribution in [3.8, 4) is 11.3 Å². The third-order valence-corrected chi connectivity index (χ3v) is 5.13. The van der Waals surface area contributed by atoms with Gasteiger partial charge < -0.3 is 5.32 Å². The molecule has 4 heterocycles. The highest BCUT2D eigenvalue weighted by atomic mass is 19.1. The molecule has 0 bridgehead atoms. The monoisotopic (exact) mass is 413 g/mol. The van der Waals surface area contributed by atoms with E-state index in [9.17, 15) is 4.39 Å². The van der Waals surface area contributed by atoms with Crippen molar-refractivity contribution in [1.82, 2.24) is 29.5 Å². The molecule has 5 aromatic rings. The number of hydrogen-bond donors (Lipinski definition) is 2. The number of halogens is 1. The number of benzene rings is 1. The van der Waals surface area contributed by atoms with E-state index in [4.69, 9.17) is 4.98 Å². The molecule has 0 saturated carbocycles. The Morgan fingerprint density at radius 3 is 2.94 bits per heavy atom. The number of nitrogens with zero attached hydrogens (tertiary/aromatic N) is 5. The molecule has 0 aliphatic rings. The highest BCUT2D eigenvalue weighted by Crippen LogP contribution is 2.25. The van der Waals surface area contributed by atoms with Crippen LogP contribution in [0.5, 0.6) is 0 Å². The Labute approximate surface area is 177 Å². The summed E-state index contributed by atoms with van der Waals surface area (Å²) < 4.78 is 15.7. The van der Waals surface area contributed by atoms with Crippen molar-refractivity contribution in [1.29, 1.82) is 0 Å². The Hall–Kier alpha value is -4.07. The Balaban J connectivity index is 1.50. The smallest absolute Gasteiger partial charge is 0.180 e. The van der Waals surface area contributed by atoms with Gasteiger partial charge in [-0.3, -0.25) is 14.5 Å². The van der Waals surface area contributed by atoms with Gasteiger partial charge in [0.25, 0.3) is 0 Å². The van der Waals surface area contributed by atoms with E-state index in [1.54, 1.807) is 12.4 Å². The number of allylic oxidation sites excluding steroid dienone is 1. The number of aromatic nitrogens is 6. The second-order valence-electron chi connectivity index (χ2n) is 7.38. The van der Waals surface area contributed by atoms with Crippen LogP contribution in [0.3, 0.4) is 0 Å². The summed E-state index contributed by atoms with van der Waals surface area (Å²) in [6, 6.07) is 9.45. The number of H-pyrrole nitrogens is 1. The molecule has 0 aliphatic heterocycles. The fourth-order valence-electron chi connectivity index (χ4n) is 3.62. The van der Waals surface area contributed by atoms with E-state index in [0.717, 1.165) is 27.9 Å². The standard InChI is InChI=1S/C23H20FN7/c1-14(2)21-12-27-23-22(26-8-7-19-17-5-3-4-6-18(17)29-30-19)28-20(13-31(21)23)15-9-16(24)11-25-10-15/h3-6,9-13H,1,7-8H2,2H3,(H,26,28)(H,29,30). The Bertz CT molecular complexity index is 1420. The van der Waals surface area contributed by atoms with E-state index in [-0.39, 0.29) is 0 Å². The van der Waals surface area contributed by atoms with Crippen LogP contribution in [0.1, 0.15) is 18.3 Å². The molecule has 0 aliphatic carbocycles. The van der Waals surface area contributed by atoms with Crippen molar-refractivity contribution in [3.05, 3.63) is 78.9 Å².